The summed E-state index contributed by atoms with van der Waals surface area (Å²) in [6, 6.07) is 1.87. The van der Waals surface area contributed by atoms with Gasteiger partial charge in [-0.15, -0.1) is 0 Å². The Hall–Kier alpha value is -1.32. The van der Waals surface area contributed by atoms with E-state index in [4.69, 9.17) is 0 Å². The van der Waals surface area contributed by atoms with E-state index in [-0.39, 0.29) is 0 Å². The zero-order valence-electron chi connectivity index (χ0n) is 7.02. The molecule has 4 nitrogen and oxygen atoms in total. The molecule has 0 saturated heterocycles. The first-order valence-corrected chi connectivity index (χ1v) is 3.40. The molecule has 1 heterocycles. The van der Waals surface area contributed by atoms with Gasteiger partial charge in [-0.3, -0.25) is 4.99 Å². The van der Waals surface area contributed by atoms with Crippen molar-refractivity contribution in [3.8, 4) is 0 Å². The minimum atomic E-state index is 0.829. The molecule has 0 spiro atoms. The lowest BCUT2D eigenvalue weighted by Crippen LogP contribution is -2.29. The van der Waals surface area contributed by atoms with E-state index >= 15 is 0 Å². The maximum Gasteiger partial charge on any atom is 0.220 e. The van der Waals surface area contributed by atoms with Crippen molar-refractivity contribution in [2.45, 2.75) is 0 Å². The van der Waals surface area contributed by atoms with Gasteiger partial charge in [0.15, 0.2) is 0 Å². The Kier molecular flexibility index (Phi) is 2.25. The average Bonchev–Trinajstić information content (AvgIpc) is 2.40. The van der Waals surface area contributed by atoms with E-state index in [1.165, 1.54) is 0 Å². The van der Waals surface area contributed by atoms with Gasteiger partial charge in [0.2, 0.25) is 5.96 Å². The minimum absolute atomic E-state index is 0.829. The molecule has 0 aliphatic heterocycles. The van der Waals surface area contributed by atoms with Crippen molar-refractivity contribution in [1.82, 2.24) is 14.7 Å². The van der Waals surface area contributed by atoms with Crippen LogP contribution in [0.3, 0.4) is 0 Å². The van der Waals surface area contributed by atoms with E-state index in [2.05, 4.69) is 10.1 Å². The van der Waals surface area contributed by atoms with Crippen LogP contribution in [0, 0.1) is 0 Å². The third-order valence-electron chi connectivity index (χ3n) is 1.31. The summed E-state index contributed by atoms with van der Waals surface area (Å²) in [5.41, 5.74) is 0. The smallest absolute Gasteiger partial charge is 0.220 e. The van der Waals surface area contributed by atoms with E-state index in [1.807, 2.05) is 31.3 Å². The first kappa shape index (κ1) is 7.78. The Morgan fingerprint density at radius 1 is 1.55 bits per heavy atom. The van der Waals surface area contributed by atoms with Crippen LogP contribution in [0.2, 0.25) is 0 Å². The summed E-state index contributed by atoms with van der Waals surface area (Å²) in [5.74, 6) is 0.829. The van der Waals surface area contributed by atoms with Gasteiger partial charge in [-0.2, -0.15) is 5.10 Å². The van der Waals surface area contributed by atoms with Crippen molar-refractivity contribution in [1.29, 1.82) is 0 Å². The molecular formula is C7H12N4. The number of hydrogen-bond acceptors (Lipinski definition) is 2. The molecular weight excluding hydrogens is 140 g/mol. The molecule has 0 atom stereocenters. The molecule has 0 fully saturated rings. The van der Waals surface area contributed by atoms with Gasteiger partial charge in [-0.1, -0.05) is 0 Å². The minimum Gasteiger partial charge on any atom is -0.347 e. The topological polar surface area (TPSA) is 33.4 Å². The number of aromatic nitrogens is 2. The van der Waals surface area contributed by atoms with Crippen LogP contribution in [0.5, 0.6) is 0 Å². The van der Waals surface area contributed by atoms with Crippen LogP contribution < -0.4 is 0 Å². The first-order valence-electron chi connectivity index (χ1n) is 3.40. The molecule has 0 amide bonds. The highest BCUT2D eigenvalue weighted by Gasteiger charge is 2.01. The van der Waals surface area contributed by atoms with Gasteiger partial charge in [0.1, 0.15) is 0 Å². The summed E-state index contributed by atoms with van der Waals surface area (Å²) in [5, 5.41) is 4.05. The average molecular weight is 152 g/mol. The zero-order valence-corrected chi connectivity index (χ0v) is 7.02. The van der Waals surface area contributed by atoms with Gasteiger partial charge in [0.05, 0.1) is 0 Å². The summed E-state index contributed by atoms with van der Waals surface area (Å²) in [6.45, 7) is 0. The fraction of sp³-hybridized carbons (Fsp3) is 0.429. The molecule has 0 saturated carbocycles. The molecule has 60 valence electrons. The third kappa shape index (κ3) is 1.58. The van der Waals surface area contributed by atoms with Crippen molar-refractivity contribution in [2.75, 3.05) is 21.1 Å². The van der Waals surface area contributed by atoms with Gasteiger partial charge in [-0.25, -0.2) is 4.68 Å². The van der Waals surface area contributed by atoms with E-state index in [1.54, 1.807) is 17.9 Å². The van der Waals surface area contributed by atoms with Gasteiger partial charge in [0.25, 0.3) is 0 Å². The van der Waals surface area contributed by atoms with Crippen molar-refractivity contribution in [3.63, 3.8) is 0 Å². The summed E-state index contributed by atoms with van der Waals surface area (Å²) >= 11 is 0. The monoisotopic (exact) mass is 152 g/mol. The van der Waals surface area contributed by atoms with Crippen LogP contribution in [-0.2, 0) is 0 Å². The maximum atomic E-state index is 4.07. The molecule has 0 radical (unpaired) electrons. The van der Waals surface area contributed by atoms with Gasteiger partial charge in [-0.05, 0) is 6.07 Å². The van der Waals surface area contributed by atoms with Crippen LogP contribution in [0.4, 0.5) is 0 Å². The van der Waals surface area contributed by atoms with Crippen LogP contribution in [-0.4, -0.2) is 41.8 Å². The summed E-state index contributed by atoms with van der Waals surface area (Å²) in [4.78, 5) is 5.98. The van der Waals surface area contributed by atoms with Crippen LogP contribution in [0.1, 0.15) is 0 Å². The Morgan fingerprint density at radius 3 is 2.64 bits per heavy atom. The second-order valence-electron chi connectivity index (χ2n) is 2.37. The van der Waals surface area contributed by atoms with Crippen molar-refractivity contribution >= 4 is 5.96 Å². The molecule has 1 aromatic rings. The lowest BCUT2D eigenvalue weighted by atomic mass is 10.7. The van der Waals surface area contributed by atoms with E-state index in [0.29, 0.717) is 0 Å². The first-order chi connectivity index (χ1) is 5.25. The fourth-order valence-corrected chi connectivity index (χ4v) is 0.894. The fourth-order valence-electron chi connectivity index (χ4n) is 0.894. The molecule has 1 rings (SSSR count). The Labute approximate surface area is 66.2 Å². The lowest BCUT2D eigenvalue weighted by molar-refractivity contribution is 0.581. The molecule has 0 unspecified atom stereocenters. The highest BCUT2D eigenvalue weighted by atomic mass is 15.4. The Balaban J connectivity index is 2.90. The number of rotatable bonds is 0. The molecule has 0 aliphatic carbocycles. The molecule has 1 aromatic heterocycles. The predicted octanol–water partition coefficient (Wildman–Crippen LogP) is 0.279. The van der Waals surface area contributed by atoms with Crippen molar-refractivity contribution in [3.05, 3.63) is 18.5 Å². The quantitative estimate of drug-likeness (QED) is 0.395. The van der Waals surface area contributed by atoms with Gasteiger partial charge >= 0.3 is 0 Å². The second-order valence-corrected chi connectivity index (χ2v) is 2.37. The molecule has 0 N–H and O–H groups in total. The van der Waals surface area contributed by atoms with Crippen molar-refractivity contribution < 1.29 is 0 Å². The van der Waals surface area contributed by atoms with E-state index < -0.39 is 0 Å². The maximum absolute atomic E-state index is 4.07. The number of nitrogens with zero attached hydrogens (tertiary/aromatic N) is 4. The Bertz CT molecular complexity index is 235. The summed E-state index contributed by atoms with van der Waals surface area (Å²) in [6.07, 6.45) is 3.59. The number of hydrogen-bond donors (Lipinski definition) is 0. The normalized spacial score (nSPS) is 11.7. The van der Waals surface area contributed by atoms with Crippen LogP contribution in [0.15, 0.2) is 23.5 Å². The van der Waals surface area contributed by atoms with E-state index in [0.717, 1.165) is 5.96 Å². The highest BCUT2D eigenvalue weighted by molar-refractivity contribution is 5.80. The Morgan fingerprint density at radius 2 is 2.27 bits per heavy atom. The van der Waals surface area contributed by atoms with Crippen molar-refractivity contribution in [2.24, 2.45) is 4.99 Å². The largest absolute Gasteiger partial charge is 0.347 e. The molecule has 11 heavy (non-hydrogen) atoms. The highest BCUT2D eigenvalue weighted by Crippen LogP contribution is 1.88. The molecule has 0 bridgehead atoms. The van der Waals surface area contributed by atoms with Gasteiger partial charge in [0, 0.05) is 33.5 Å². The van der Waals surface area contributed by atoms with Gasteiger partial charge < -0.3 is 4.90 Å². The molecule has 4 heteroatoms. The summed E-state index contributed by atoms with van der Waals surface area (Å²) in [7, 11) is 5.62. The van der Waals surface area contributed by atoms with Crippen LogP contribution >= 0.6 is 0 Å². The predicted molar refractivity (Wildman–Crippen MR) is 44.7 cm³/mol. The second kappa shape index (κ2) is 3.18. The summed E-state index contributed by atoms with van der Waals surface area (Å²) < 4.78 is 1.72. The SMILES string of the molecule is CN=C(N(C)C)n1cccn1. The number of aliphatic imine (C=N–C) groups is 1. The van der Waals surface area contributed by atoms with E-state index in [9.17, 15) is 0 Å². The lowest BCUT2D eigenvalue weighted by Gasteiger charge is -2.13. The molecule has 0 aliphatic rings. The molecule has 0 aromatic carbocycles. The standard InChI is InChI=1S/C7H12N4/c1-8-7(10(2)3)11-6-4-5-9-11/h4-6H,1-3H3. The third-order valence-corrected chi connectivity index (χ3v) is 1.31. The zero-order chi connectivity index (χ0) is 8.27. The van der Waals surface area contributed by atoms with Crippen LogP contribution in [0.25, 0.3) is 0 Å².